The van der Waals surface area contributed by atoms with Crippen molar-refractivity contribution in [2.24, 2.45) is 5.41 Å². The normalized spacial score (nSPS) is 11.1. The summed E-state index contributed by atoms with van der Waals surface area (Å²) in [5, 5.41) is 14.5. The van der Waals surface area contributed by atoms with Crippen molar-refractivity contribution in [1.29, 1.82) is 0 Å². The lowest BCUT2D eigenvalue weighted by Gasteiger charge is -2.24. The molecule has 0 aliphatic heterocycles. The Balaban J connectivity index is 2.61. The molecule has 1 rings (SSSR count). The van der Waals surface area contributed by atoms with Gasteiger partial charge in [0.05, 0.1) is 12.8 Å². The van der Waals surface area contributed by atoms with Crippen LogP contribution >= 0.6 is 0 Å². The predicted octanol–water partition coefficient (Wildman–Crippen LogP) is 2.53. The number of amides is 2. The summed E-state index contributed by atoms with van der Waals surface area (Å²) < 4.78 is 5.21. The second-order valence-corrected chi connectivity index (χ2v) is 5.65. The molecule has 3 N–H and O–H groups in total. The van der Waals surface area contributed by atoms with E-state index in [0.29, 0.717) is 24.4 Å². The van der Waals surface area contributed by atoms with E-state index < -0.39 is 0 Å². The topological polar surface area (TPSA) is 70.6 Å². The second kappa shape index (κ2) is 7.14. The largest absolute Gasteiger partial charge is 0.495 e. The number of rotatable bonds is 6. The smallest absolute Gasteiger partial charge is 0.319 e. The summed E-state index contributed by atoms with van der Waals surface area (Å²) in [4.78, 5) is 11.9. The molecule has 0 heterocycles. The third kappa shape index (κ3) is 5.09. The van der Waals surface area contributed by atoms with E-state index in [0.717, 1.165) is 5.56 Å². The lowest BCUT2D eigenvalue weighted by molar-refractivity contribution is 0.204. The SMILES string of the molecule is COc1ccc(C)cc1NC(=O)NCC(C)(C)CCO. The molecule has 0 bridgehead atoms. The first-order valence-electron chi connectivity index (χ1n) is 6.68. The molecule has 0 aromatic heterocycles. The standard InChI is InChI=1S/C15H24N2O3/c1-11-5-6-13(20-4)12(9-11)17-14(19)16-10-15(2,3)7-8-18/h5-6,9,18H,7-8,10H2,1-4H3,(H2,16,17,19). The number of hydrogen-bond acceptors (Lipinski definition) is 3. The number of aliphatic hydroxyl groups excluding tert-OH is 1. The van der Waals surface area contributed by atoms with E-state index >= 15 is 0 Å². The average molecular weight is 280 g/mol. The number of carbonyl (C=O) groups excluding carboxylic acids is 1. The van der Waals surface area contributed by atoms with Gasteiger partial charge < -0.3 is 20.5 Å². The molecule has 112 valence electrons. The summed E-state index contributed by atoms with van der Waals surface area (Å²) in [6.45, 7) is 6.55. The van der Waals surface area contributed by atoms with Crippen molar-refractivity contribution in [1.82, 2.24) is 5.32 Å². The highest BCUT2D eigenvalue weighted by Gasteiger charge is 2.18. The number of aryl methyl sites for hydroxylation is 1. The summed E-state index contributed by atoms with van der Waals surface area (Å²) in [7, 11) is 1.57. The minimum atomic E-state index is -0.278. The molecule has 0 aliphatic rings. The highest BCUT2D eigenvalue weighted by Crippen LogP contribution is 2.25. The maximum atomic E-state index is 11.9. The molecule has 0 saturated heterocycles. The van der Waals surface area contributed by atoms with Crippen LogP contribution in [-0.4, -0.2) is 31.4 Å². The number of methoxy groups -OCH3 is 1. The van der Waals surface area contributed by atoms with Crippen LogP contribution in [0.15, 0.2) is 18.2 Å². The van der Waals surface area contributed by atoms with E-state index in [1.807, 2.05) is 39.0 Å². The van der Waals surface area contributed by atoms with Crippen LogP contribution in [0.4, 0.5) is 10.5 Å². The molecule has 5 nitrogen and oxygen atoms in total. The zero-order valence-corrected chi connectivity index (χ0v) is 12.6. The molecule has 1 aromatic carbocycles. The molecule has 1 aromatic rings. The lowest BCUT2D eigenvalue weighted by Crippen LogP contribution is -2.37. The zero-order valence-electron chi connectivity index (χ0n) is 12.6. The number of anilines is 1. The number of benzene rings is 1. The molecular weight excluding hydrogens is 256 g/mol. The van der Waals surface area contributed by atoms with Crippen LogP contribution in [0.3, 0.4) is 0 Å². The van der Waals surface area contributed by atoms with Crippen LogP contribution in [-0.2, 0) is 0 Å². The first-order valence-corrected chi connectivity index (χ1v) is 6.68. The predicted molar refractivity (Wildman–Crippen MR) is 80.2 cm³/mol. The van der Waals surface area contributed by atoms with Crippen molar-refractivity contribution < 1.29 is 14.6 Å². The molecule has 20 heavy (non-hydrogen) atoms. The minimum absolute atomic E-state index is 0.113. The van der Waals surface area contributed by atoms with Gasteiger partial charge in [0.25, 0.3) is 0 Å². The Hall–Kier alpha value is -1.75. The quantitative estimate of drug-likeness (QED) is 0.750. The molecule has 0 radical (unpaired) electrons. The van der Waals surface area contributed by atoms with Crippen LogP contribution in [0, 0.1) is 12.3 Å². The Morgan fingerprint density at radius 3 is 2.70 bits per heavy atom. The van der Waals surface area contributed by atoms with Crippen LogP contribution in [0.5, 0.6) is 5.75 Å². The van der Waals surface area contributed by atoms with Crippen LogP contribution in [0.2, 0.25) is 0 Å². The van der Waals surface area contributed by atoms with Crippen molar-refractivity contribution in [3.8, 4) is 5.75 Å². The van der Waals surface area contributed by atoms with Gasteiger partial charge in [-0.05, 0) is 36.5 Å². The van der Waals surface area contributed by atoms with E-state index in [2.05, 4.69) is 10.6 Å². The average Bonchev–Trinajstić information content (AvgIpc) is 2.37. The van der Waals surface area contributed by atoms with Gasteiger partial charge in [0.2, 0.25) is 0 Å². The van der Waals surface area contributed by atoms with Crippen LogP contribution in [0.25, 0.3) is 0 Å². The highest BCUT2D eigenvalue weighted by molar-refractivity contribution is 5.91. The fourth-order valence-electron chi connectivity index (χ4n) is 1.80. The van der Waals surface area contributed by atoms with Gasteiger partial charge in [-0.15, -0.1) is 0 Å². The van der Waals surface area contributed by atoms with Gasteiger partial charge in [0.1, 0.15) is 5.75 Å². The first-order chi connectivity index (χ1) is 9.38. The summed E-state index contributed by atoms with van der Waals surface area (Å²) in [6, 6.07) is 5.32. The molecule has 0 aliphatic carbocycles. The molecule has 0 saturated carbocycles. The van der Waals surface area contributed by atoms with Gasteiger partial charge >= 0.3 is 6.03 Å². The van der Waals surface area contributed by atoms with Gasteiger partial charge in [0.15, 0.2) is 0 Å². The lowest BCUT2D eigenvalue weighted by atomic mass is 9.90. The third-order valence-electron chi connectivity index (χ3n) is 3.12. The van der Waals surface area contributed by atoms with Crippen LogP contribution < -0.4 is 15.4 Å². The number of urea groups is 1. The van der Waals surface area contributed by atoms with Gasteiger partial charge in [-0.2, -0.15) is 0 Å². The summed E-state index contributed by atoms with van der Waals surface area (Å²) >= 11 is 0. The Labute approximate surface area is 120 Å². The molecule has 0 fully saturated rings. The number of hydrogen-bond donors (Lipinski definition) is 3. The maximum absolute atomic E-state index is 11.9. The fourth-order valence-corrected chi connectivity index (χ4v) is 1.80. The Morgan fingerprint density at radius 1 is 1.40 bits per heavy atom. The van der Waals surface area contributed by atoms with Crippen molar-refractivity contribution in [2.75, 3.05) is 25.6 Å². The molecular formula is C15H24N2O3. The summed E-state index contributed by atoms with van der Waals surface area (Å²) in [5.74, 6) is 0.625. The first kappa shape index (κ1) is 16.3. The van der Waals surface area contributed by atoms with Crippen molar-refractivity contribution in [2.45, 2.75) is 27.2 Å². The highest BCUT2D eigenvalue weighted by atomic mass is 16.5. The van der Waals surface area contributed by atoms with Gasteiger partial charge in [-0.3, -0.25) is 0 Å². The Bertz CT molecular complexity index is 458. The van der Waals surface area contributed by atoms with E-state index in [9.17, 15) is 4.79 Å². The number of carbonyl (C=O) groups is 1. The monoisotopic (exact) mass is 280 g/mol. The van der Waals surface area contributed by atoms with Gasteiger partial charge in [0, 0.05) is 13.2 Å². The molecule has 0 atom stereocenters. The zero-order chi connectivity index (χ0) is 15.2. The molecule has 0 spiro atoms. The van der Waals surface area contributed by atoms with Crippen molar-refractivity contribution in [3.05, 3.63) is 23.8 Å². The molecule has 0 unspecified atom stereocenters. The maximum Gasteiger partial charge on any atom is 0.319 e. The van der Waals surface area contributed by atoms with E-state index in [4.69, 9.17) is 9.84 Å². The van der Waals surface area contributed by atoms with Gasteiger partial charge in [-0.1, -0.05) is 19.9 Å². The van der Waals surface area contributed by atoms with Crippen molar-refractivity contribution in [3.63, 3.8) is 0 Å². The molecule has 5 heteroatoms. The third-order valence-corrected chi connectivity index (χ3v) is 3.12. The molecule has 2 amide bonds. The second-order valence-electron chi connectivity index (χ2n) is 5.65. The number of aliphatic hydroxyl groups is 1. The minimum Gasteiger partial charge on any atom is -0.495 e. The Kier molecular flexibility index (Phi) is 5.82. The Morgan fingerprint density at radius 2 is 2.10 bits per heavy atom. The number of ether oxygens (including phenoxy) is 1. The fraction of sp³-hybridized carbons (Fsp3) is 0.533. The summed E-state index contributed by atoms with van der Waals surface area (Å²) in [6.07, 6.45) is 0.640. The van der Waals surface area contributed by atoms with Crippen molar-refractivity contribution >= 4 is 11.7 Å². The van der Waals surface area contributed by atoms with Gasteiger partial charge in [-0.25, -0.2) is 4.79 Å². The van der Waals surface area contributed by atoms with E-state index in [1.54, 1.807) is 7.11 Å². The van der Waals surface area contributed by atoms with Crippen LogP contribution in [0.1, 0.15) is 25.8 Å². The van der Waals surface area contributed by atoms with E-state index in [-0.39, 0.29) is 18.1 Å². The van der Waals surface area contributed by atoms with E-state index in [1.165, 1.54) is 0 Å². The number of nitrogens with one attached hydrogen (secondary N) is 2. The summed E-state index contributed by atoms with van der Waals surface area (Å²) in [5.41, 5.74) is 1.55.